The van der Waals surface area contributed by atoms with Gasteiger partial charge >= 0.3 is 0 Å². The Hall–Kier alpha value is -3.36. The number of hydrogen-bond donors (Lipinski definition) is 0. The van der Waals surface area contributed by atoms with E-state index >= 15 is 0 Å². The van der Waals surface area contributed by atoms with Gasteiger partial charge in [0, 0.05) is 42.8 Å². The van der Waals surface area contributed by atoms with Crippen LogP contribution in [0.15, 0.2) is 53.9 Å². The fourth-order valence-electron chi connectivity index (χ4n) is 4.82. The Labute approximate surface area is 228 Å². The van der Waals surface area contributed by atoms with Gasteiger partial charge in [-0.3, -0.25) is 9.59 Å². The molecule has 0 saturated heterocycles. The second kappa shape index (κ2) is 12.9. The molecule has 8 heteroatoms. The Kier molecular flexibility index (Phi) is 9.42. The van der Waals surface area contributed by atoms with Crippen molar-refractivity contribution in [3.05, 3.63) is 81.0 Å². The average molecular weight is 537 g/mol. The molecular weight excluding hydrogens is 500 g/mol. The first kappa shape index (κ1) is 27.7. The summed E-state index contributed by atoms with van der Waals surface area (Å²) in [6, 6.07) is 15.4. The molecule has 0 unspecified atom stereocenters. The third-order valence-corrected chi connectivity index (χ3v) is 7.81. The van der Waals surface area contributed by atoms with Crippen LogP contribution in [-0.4, -0.2) is 68.7 Å². The highest BCUT2D eigenvalue weighted by Gasteiger charge is 2.34. The number of hydrogen-bond acceptors (Lipinski definition) is 6. The summed E-state index contributed by atoms with van der Waals surface area (Å²) in [5.74, 6) is 0.724. The fourth-order valence-corrected chi connectivity index (χ4v) is 5.72. The van der Waals surface area contributed by atoms with Crippen LogP contribution in [0.5, 0.6) is 11.5 Å². The Morgan fingerprint density at radius 3 is 2.42 bits per heavy atom. The van der Waals surface area contributed by atoms with E-state index in [9.17, 15) is 9.59 Å². The number of fused-ring (bicyclic) bond motifs is 1. The lowest BCUT2D eigenvalue weighted by molar-refractivity contribution is -0.134. The molecule has 1 aromatic heterocycles. The number of methoxy groups -OCH3 is 2. The highest BCUT2D eigenvalue weighted by Crippen LogP contribution is 2.38. The van der Waals surface area contributed by atoms with Gasteiger partial charge in [-0.15, -0.1) is 11.3 Å². The lowest BCUT2D eigenvalue weighted by atomic mass is 9.92. The molecule has 1 atom stereocenters. The predicted octanol–water partition coefficient (Wildman–Crippen LogP) is 5.12. The Bertz CT molecular complexity index is 1220. The fraction of sp³-hybridized carbons (Fsp3) is 0.400. The number of benzene rings is 2. The number of rotatable bonds is 11. The minimum absolute atomic E-state index is 0.0215. The van der Waals surface area contributed by atoms with Gasteiger partial charge in [0.15, 0.2) is 0 Å². The molecular formula is C30H36N2O5S. The van der Waals surface area contributed by atoms with E-state index in [2.05, 4.69) is 42.6 Å². The second-order valence-corrected chi connectivity index (χ2v) is 10.3. The number of amides is 2. The average Bonchev–Trinajstić information content (AvgIpc) is 3.43. The van der Waals surface area contributed by atoms with Crippen molar-refractivity contribution in [3.63, 3.8) is 0 Å². The molecule has 0 saturated carbocycles. The number of aryl methyl sites for hydroxylation is 1. The van der Waals surface area contributed by atoms with Gasteiger partial charge in [0.1, 0.15) is 18.0 Å². The summed E-state index contributed by atoms with van der Waals surface area (Å²) in [6.07, 6.45) is 1.44. The van der Waals surface area contributed by atoms with Gasteiger partial charge in [-0.2, -0.15) is 0 Å². The minimum Gasteiger partial charge on any atom is -0.497 e. The molecule has 7 nitrogen and oxygen atoms in total. The lowest BCUT2D eigenvalue weighted by Crippen LogP contribution is -2.47. The number of ether oxygens (including phenoxy) is 3. The van der Waals surface area contributed by atoms with Gasteiger partial charge in [-0.05, 0) is 61.4 Å². The second-order valence-electron chi connectivity index (χ2n) is 9.33. The van der Waals surface area contributed by atoms with Crippen LogP contribution in [0.25, 0.3) is 0 Å². The minimum atomic E-state index is -0.243. The zero-order valence-corrected chi connectivity index (χ0v) is 23.4. The van der Waals surface area contributed by atoms with Crippen LogP contribution in [0, 0.1) is 6.92 Å². The number of carbonyl (C=O) groups excluding carboxylic acids is 2. The maximum Gasteiger partial charge on any atom is 0.254 e. The topological polar surface area (TPSA) is 68.3 Å². The third kappa shape index (κ3) is 6.37. The summed E-state index contributed by atoms with van der Waals surface area (Å²) in [5.41, 5.74) is 3.84. The van der Waals surface area contributed by atoms with Gasteiger partial charge in [0.25, 0.3) is 5.91 Å². The maximum atomic E-state index is 13.9. The van der Waals surface area contributed by atoms with E-state index in [4.69, 9.17) is 14.2 Å². The predicted molar refractivity (Wildman–Crippen MR) is 149 cm³/mol. The SMILES string of the molecule is CCOCCCN(CC(=O)N1CCc2sccc2[C@H]1c1ccc(C)cc1)C(=O)c1cc(OC)cc(OC)c1. The van der Waals surface area contributed by atoms with E-state index in [1.54, 1.807) is 48.7 Å². The van der Waals surface area contributed by atoms with E-state index in [1.807, 2.05) is 11.8 Å². The summed E-state index contributed by atoms with van der Waals surface area (Å²) in [6.45, 7) is 6.11. The van der Waals surface area contributed by atoms with Gasteiger partial charge in [0.05, 0.1) is 20.3 Å². The van der Waals surface area contributed by atoms with Crippen LogP contribution in [0.1, 0.15) is 51.3 Å². The van der Waals surface area contributed by atoms with E-state index < -0.39 is 0 Å². The van der Waals surface area contributed by atoms with Crippen molar-refractivity contribution < 1.29 is 23.8 Å². The lowest BCUT2D eigenvalue weighted by Gasteiger charge is -2.37. The van der Waals surface area contributed by atoms with Gasteiger partial charge < -0.3 is 24.0 Å². The summed E-state index contributed by atoms with van der Waals surface area (Å²) < 4.78 is 16.2. The molecule has 0 bridgehead atoms. The third-order valence-electron chi connectivity index (χ3n) is 6.81. The summed E-state index contributed by atoms with van der Waals surface area (Å²) in [4.78, 5) is 32.5. The molecule has 0 N–H and O–H groups in total. The molecule has 2 aromatic carbocycles. The van der Waals surface area contributed by atoms with Crippen LogP contribution >= 0.6 is 11.3 Å². The standard InChI is InChI=1S/C30H36N2O5S/c1-5-37-15-6-13-31(30(34)23-17-24(35-3)19-25(18-23)36-4)20-28(33)32-14-11-27-26(12-16-38-27)29(32)22-9-7-21(2)8-10-22/h7-10,12,16-19,29H,5-6,11,13-15,20H2,1-4H3/t29-/m1/s1. The molecule has 1 aliphatic heterocycles. The summed E-state index contributed by atoms with van der Waals surface area (Å²) in [5, 5.41) is 2.10. The summed E-state index contributed by atoms with van der Waals surface area (Å²) in [7, 11) is 3.10. The molecule has 2 amide bonds. The molecule has 202 valence electrons. The van der Waals surface area contributed by atoms with Gasteiger partial charge in [0.2, 0.25) is 5.91 Å². The van der Waals surface area contributed by atoms with Crippen LogP contribution in [-0.2, 0) is 16.0 Å². The highest BCUT2D eigenvalue weighted by atomic mass is 32.1. The first-order valence-corrected chi connectivity index (χ1v) is 13.9. The molecule has 38 heavy (non-hydrogen) atoms. The monoisotopic (exact) mass is 536 g/mol. The number of nitrogens with zero attached hydrogens (tertiary/aromatic N) is 2. The Balaban J connectivity index is 1.61. The van der Waals surface area contributed by atoms with E-state index in [0.29, 0.717) is 49.8 Å². The van der Waals surface area contributed by atoms with Crippen molar-refractivity contribution >= 4 is 23.2 Å². The van der Waals surface area contributed by atoms with E-state index in [1.165, 1.54) is 16.0 Å². The molecule has 2 heterocycles. The number of thiophene rings is 1. The van der Waals surface area contributed by atoms with Crippen LogP contribution in [0.3, 0.4) is 0 Å². The van der Waals surface area contributed by atoms with Gasteiger partial charge in [-0.1, -0.05) is 29.8 Å². The Morgan fingerprint density at radius 2 is 1.76 bits per heavy atom. The quantitative estimate of drug-likeness (QED) is 0.318. The Morgan fingerprint density at radius 1 is 1.05 bits per heavy atom. The van der Waals surface area contributed by atoms with E-state index in [-0.39, 0.29) is 24.4 Å². The van der Waals surface area contributed by atoms with Crippen molar-refractivity contribution in [1.29, 1.82) is 0 Å². The molecule has 0 radical (unpaired) electrons. The highest BCUT2D eigenvalue weighted by molar-refractivity contribution is 7.10. The van der Waals surface area contributed by atoms with Crippen LogP contribution < -0.4 is 9.47 Å². The van der Waals surface area contributed by atoms with Crippen LogP contribution in [0.2, 0.25) is 0 Å². The number of carbonyl (C=O) groups is 2. The van der Waals surface area contributed by atoms with Crippen molar-refractivity contribution in [2.24, 2.45) is 0 Å². The van der Waals surface area contributed by atoms with E-state index in [0.717, 1.165) is 12.0 Å². The zero-order valence-electron chi connectivity index (χ0n) is 22.6. The summed E-state index contributed by atoms with van der Waals surface area (Å²) >= 11 is 1.74. The first-order valence-electron chi connectivity index (χ1n) is 13.0. The molecule has 4 rings (SSSR count). The van der Waals surface area contributed by atoms with Crippen molar-refractivity contribution in [3.8, 4) is 11.5 Å². The molecule has 0 spiro atoms. The normalized spacial score (nSPS) is 14.6. The molecule has 0 fully saturated rings. The molecule has 3 aromatic rings. The van der Waals surface area contributed by atoms with Crippen molar-refractivity contribution in [2.45, 2.75) is 32.7 Å². The van der Waals surface area contributed by atoms with Crippen molar-refractivity contribution in [2.75, 3.05) is 47.1 Å². The largest absolute Gasteiger partial charge is 0.497 e. The van der Waals surface area contributed by atoms with Crippen LogP contribution in [0.4, 0.5) is 0 Å². The smallest absolute Gasteiger partial charge is 0.254 e. The molecule has 0 aliphatic carbocycles. The van der Waals surface area contributed by atoms with Crippen molar-refractivity contribution in [1.82, 2.24) is 9.80 Å². The zero-order chi connectivity index (χ0) is 27.1. The molecule has 1 aliphatic rings. The first-order chi connectivity index (χ1) is 18.4. The van der Waals surface area contributed by atoms with Gasteiger partial charge in [-0.25, -0.2) is 0 Å². The maximum absolute atomic E-state index is 13.9.